The van der Waals surface area contributed by atoms with E-state index in [9.17, 15) is 9.59 Å². The van der Waals surface area contributed by atoms with E-state index in [0.717, 1.165) is 0 Å². The van der Waals surface area contributed by atoms with Crippen LogP contribution in [0.25, 0.3) is 0 Å². The Kier molecular flexibility index (Phi) is 5.62. The Morgan fingerprint density at radius 1 is 1.09 bits per heavy atom. The fraction of sp³-hybridized carbons (Fsp3) is 0.467. The molecule has 1 amide bonds. The number of hydrogen-bond acceptors (Lipinski definition) is 5. The van der Waals surface area contributed by atoms with Gasteiger partial charge in [-0.15, -0.1) is 0 Å². The van der Waals surface area contributed by atoms with Crippen molar-refractivity contribution in [2.24, 2.45) is 5.41 Å². The van der Waals surface area contributed by atoms with Crippen molar-refractivity contribution in [1.29, 1.82) is 0 Å². The second-order valence-electron chi connectivity index (χ2n) is 5.25. The molecule has 2 N–H and O–H groups in total. The zero-order chi connectivity index (χ0) is 16.9. The third kappa shape index (κ3) is 3.60. The summed E-state index contributed by atoms with van der Waals surface area (Å²) in [5.74, 6) is -0.483. The summed E-state index contributed by atoms with van der Waals surface area (Å²) >= 11 is 0. The summed E-state index contributed by atoms with van der Waals surface area (Å²) in [7, 11) is 4.33. The van der Waals surface area contributed by atoms with Gasteiger partial charge in [0.1, 0.15) is 0 Å². The molecule has 22 heavy (non-hydrogen) atoms. The zero-order valence-electron chi connectivity index (χ0n) is 13.4. The number of nitrogens with one attached hydrogen (secondary N) is 1. The lowest BCUT2D eigenvalue weighted by Crippen LogP contribution is -2.39. The maximum atomic E-state index is 12.3. The number of hydrogen-bond donors (Lipinski definition) is 2. The maximum absolute atomic E-state index is 12.3. The maximum Gasteiger partial charge on any atom is 0.310 e. The molecular weight excluding hydrogens is 290 g/mol. The van der Waals surface area contributed by atoms with Crippen molar-refractivity contribution in [3.63, 3.8) is 0 Å². The van der Waals surface area contributed by atoms with E-state index in [1.54, 1.807) is 6.07 Å². The van der Waals surface area contributed by atoms with Crippen LogP contribution in [0.15, 0.2) is 12.1 Å². The molecule has 0 aromatic heterocycles. The molecule has 0 spiro atoms. The molecule has 0 aliphatic rings. The van der Waals surface area contributed by atoms with Crippen molar-refractivity contribution in [2.45, 2.75) is 13.8 Å². The van der Waals surface area contributed by atoms with Gasteiger partial charge >= 0.3 is 5.97 Å². The Hall–Kier alpha value is -2.44. The second-order valence-corrected chi connectivity index (χ2v) is 5.25. The molecule has 0 unspecified atom stereocenters. The van der Waals surface area contributed by atoms with Gasteiger partial charge in [0.15, 0.2) is 11.5 Å². The van der Waals surface area contributed by atoms with Crippen LogP contribution >= 0.6 is 0 Å². The Morgan fingerprint density at radius 3 is 2.14 bits per heavy atom. The Balaban J connectivity index is 3.06. The van der Waals surface area contributed by atoms with Gasteiger partial charge in [0.25, 0.3) is 5.91 Å². The number of carbonyl (C=O) groups is 2. The molecule has 1 rings (SSSR count). The van der Waals surface area contributed by atoms with Gasteiger partial charge in [-0.05, 0) is 26.0 Å². The van der Waals surface area contributed by atoms with Crippen LogP contribution in [0, 0.1) is 5.41 Å². The number of benzene rings is 1. The first-order valence-electron chi connectivity index (χ1n) is 6.59. The van der Waals surface area contributed by atoms with E-state index in [0.29, 0.717) is 11.5 Å². The first-order valence-corrected chi connectivity index (χ1v) is 6.59. The van der Waals surface area contributed by atoms with Crippen LogP contribution in [0.3, 0.4) is 0 Å². The lowest BCUT2D eigenvalue weighted by Gasteiger charge is -2.20. The monoisotopic (exact) mass is 311 g/mol. The van der Waals surface area contributed by atoms with Gasteiger partial charge in [-0.1, -0.05) is 0 Å². The summed E-state index contributed by atoms with van der Waals surface area (Å²) in [5.41, 5.74) is -0.833. The van der Waals surface area contributed by atoms with E-state index >= 15 is 0 Å². The van der Waals surface area contributed by atoms with Crippen LogP contribution in [0.1, 0.15) is 24.2 Å². The van der Waals surface area contributed by atoms with Crippen molar-refractivity contribution in [2.75, 3.05) is 27.9 Å². The van der Waals surface area contributed by atoms with Gasteiger partial charge in [0.2, 0.25) is 5.75 Å². The van der Waals surface area contributed by atoms with E-state index in [1.165, 1.54) is 41.2 Å². The van der Waals surface area contributed by atoms with E-state index in [-0.39, 0.29) is 17.9 Å². The molecule has 1 aromatic carbocycles. The predicted molar refractivity (Wildman–Crippen MR) is 79.8 cm³/mol. The minimum Gasteiger partial charge on any atom is -0.493 e. The summed E-state index contributed by atoms with van der Waals surface area (Å²) in [6.45, 7) is 3.04. The molecule has 122 valence electrons. The molecule has 0 atom stereocenters. The number of ether oxygens (including phenoxy) is 3. The van der Waals surface area contributed by atoms with Crippen LogP contribution in [0.4, 0.5) is 0 Å². The van der Waals surface area contributed by atoms with Gasteiger partial charge in [-0.25, -0.2) is 0 Å². The lowest BCUT2D eigenvalue weighted by molar-refractivity contribution is -0.146. The van der Waals surface area contributed by atoms with Crippen molar-refractivity contribution >= 4 is 11.9 Å². The number of methoxy groups -OCH3 is 3. The van der Waals surface area contributed by atoms with E-state index in [4.69, 9.17) is 19.3 Å². The minimum absolute atomic E-state index is 0.0152. The molecule has 0 aliphatic heterocycles. The van der Waals surface area contributed by atoms with Crippen molar-refractivity contribution in [1.82, 2.24) is 5.32 Å². The number of rotatable bonds is 7. The molecule has 7 nitrogen and oxygen atoms in total. The van der Waals surface area contributed by atoms with Crippen LogP contribution in [-0.4, -0.2) is 44.9 Å². The third-order valence-electron chi connectivity index (χ3n) is 3.22. The van der Waals surface area contributed by atoms with Gasteiger partial charge in [0.05, 0.1) is 32.3 Å². The molecule has 0 saturated heterocycles. The highest BCUT2D eigenvalue weighted by molar-refractivity contribution is 5.98. The highest BCUT2D eigenvalue weighted by Crippen LogP contribution is 2.39. The van der Waals surface area contributed by atoms with Crippen molar-refractivity contribution in [3.8, 4) is 17.2 Å². The Bertz CT molecular complexity index is 567. The smallest absolute Gasteiger partial charge is 0.310 e. The van der Waals surface area contributed by atoms with Crippen molar-refractivity contribution in [3.05, 3.63) is 17.7 Å². The topological polar surface area (TPSA) is 94.1 Å². The lowest BCUT2D eigenvalue weighted by atomic mass is 9.94. The number of carboxylic acid groups (broad SMARTS) is 1. The molecule has 0 saturated carbocycles. The molecule has 1 aromatic rings. The summed E-state index contributed by atoms with van der Waals surface area (Å²) in [4.78, 5) is 23.3. The van der Waals surface area contributed by atoms with Crippen LogP contribution < -0.4 is 19.5 Å². The second kappa shape index (κ2) is 7.02. The molecular formula is C15H21NO6. The highest BCUT2D eigenvalue weighted by atomic mass is 16.5. The molecule has 0 bridgehead atoms. The van der Waals surface area contributed by atoms with E-state index < -0.39 is 17.3 Å². The largest absolute Gasteiger partial charge is 0.493 e. The molecule has 0 aliphatic carbocycles. The van der Waals surface area contributed by atoms with Gasteiger partial charge < -0.3 is 24.6 Å². The summed E-state index contributed by atoms with van der Waals surface area (Å²) in [6, 6.07) is 3.11. The Labute approximate surface area is 129 Å². The van der Waals surface area contributed by atoms with Crippen LogP contribution in [0.2, 0.25) is 0 Å². The number of carbonyl (C=O) groups excluding carboxylic acids is 1. The quantitative estimate of drug-likeness (QED) is 0.793. The first-order chi connectivity index (χ1) is 10.3. The van der Waals surface area contributed by atoms with Crippen LogP contribution in [0.5, 0.6) is 17.2 Å². The fourth-order valence-corrected chi connectivity index (χ4v) is 1.75. The first kappa shape index (κ1) is 17.6. The van der Waals surface area contributed by atoms with E-state index in [1.807, 2.05) is 0 Å². The van der Waals surface area contributed by atoms with Gasteiger partial charge in [-0.2, -0.15) is 0 Å². The normalized spacial score (nSPS) is 10.8. The molecule has 0 heterocycles. The summed E-state index contributed by atoms with van der Waals surface area (Å²) in [6.07, 6.45) is 0. The molecule has 0 radical (unpaired) electrons. The number of aliphatic carboxylic acids is 1. The highest BCUT2D eigenvalue weighted by Gasteiger charge is 2.29. The van der Waals surface area contributed by atoms with Gasteiger partial charge in [0, 0.05) is 6.54 Å². The summed E-state index contributed by atoms with van der Waals surface area (Å²) < 4.78 is 15.6. The van der Waals surface area contributed by atoms with Crippen LogP contribution in [-0.2, 0) is 4.79 Å². The van der Waals surface area contributed by atoms with E-state index in [2.05, 4.69) is 5.32 Å². The molecule has 0 fully saturated rings. The third-order valence-corrected chi connectivity index (χ3v) is 3.22. The predicted octanol–water partition coefficient (Wildman–Crippen LogP) is 1.55. The fourth-order valence-electron chi connectivity index (χ4n) is 1.75. The summed E-state index contributed by atoms with van der Waals surface area (Å²) in [5, 5.41) is 11.7. The number of carboxylic acids is 1. The average molecular weight is 311 g/mol. The Morgan fingerprint density at radius 2 is 1.68 bits per heavy atom. The average Bonchev–Trinajstić information content (AvgIpc) is 2.50. The standard InChI is InChI=1S/C15H21NO6/c1-15(2,14(18)19)8-16-13(17)9-6-7-10(20-3)12(22-5)11(9)21-4/h6-7H,8H2,1-5H3,(H,16,17)(H,18,19). The number of amides is 1. The van der Waals surface area contributed by atoms with Crippen molar-refractivity contribution < 1.29 is 28.9 Å². The van der Waals surface area contributed by atoms with Gasteiger partial charge in [-0.3, -0.25) is 9.59 Å². The zero-order valence-corrected chi connectivity index (χ0v) is 13.4. The minimum atomic E-state index is -1.07. The molecule has 7 heteroatoms. The SMILES string of the molecule is COc1ccc(C(=O)NCC(C)(C)C(=O)O)c(OC)c1OC.